The molecule has 1 aliphatic heterocycles. The molecule has 1 fully saturated rings. The topological polar surface area (TPSA) is 70.2 Å². The van der Waals surface area contributed by atoms with E-state index in [1.165, 1.54) is 0 Å². The molecule has 2 unspecified atom stereocenters. The number of hydrogen-bond acceptors (Lipinski definition) is 3. The minimum atomic E-state index is -0.404. The Bertz CT molecular complexity index is 323. The van der Waals surface area contributed by atoms with Gasteiger partial charge in [0.15, 0.2) is 0 Å². The lowest BCUT2D eigenvalue weighted by Crippen LogP contribution is -2.52. The van der Waals surface area contributed by atoms with Crippen LogP contribution >= 0.6 is 0 Å². The third-order valence-electron chi connectivity index (χ3n) is 3.43. The second-order valence-corrected chi connectivity index (χ2v) is 6.31. The van der Waals surface area contributed by atoms with Gasteiger partial charge >= 0.3 is 0 Å². The van der Waals surface area contributed by atoms with Crippen LogP contribution in [0.3, 0.4) is 0 Å². The van der Waals surface area contributed by atoms with Crippen molar-refractivity contribution in [3.63, 3.8) is 0 Å². The molecule has 1 rings (SSSR count). The fourth-order valence-corrected chi connectivity index (χ4v) is 2.07. The second kappa shape index (κ2) is 6.89. The minimum absolute atomic E-state index is 0.00904. The van der Waals surface area contributed by atoms with Crippen LogP contribution in [-0.2, 0) is 9.59 Å². The first-order chi connectivity index (χ1) is 8.80. The quantitative estimate of drug-likeness (QED) is 0.707. The standard InChI is InChI=1S/C14H27N3O2/c1-10-11(6-5-8-15-10)17-12(18)7-9-16-13(19)14(2,3)4/h10-11,15H,5-9H2,1-4H3,(H,16,19)(H,17,18). The summed E-state index contributed by atoms with van der Waals surface area (Å²) in [6, 6.07) is 0.529. The van der Waals surface area contributed by atoms with E-state index in [1.807, 2.05) is 20.8 Å². The van der Waals surface area contributed by atoms with Gasteiger partial charge in [-0.1, -0.05) is 20.8 Å². The molecular weight excluding hydrogens is 242 g/mol. The molecule has 1 aliphatic rings. The van der Waals surface area contributed by atoms with Crippen LogP contribution in [0.15, 0.2) is 0 Å². The maximum absolute atomic E-state index is 11.8. The van der Waals surface area contributed by atoms with Crippen LogP contribution in [0.25, 0.3) is 0 Å². The Morgan fingerprint density at radius 3 is 2.58 bits per heavy atom. The number of carbonyl (C=O) groups excluding carboxylic acids is 2. The number of carbonyl (C=O) groups is 2. The molecular formula is C14H27N3O2. The number of hydrogen-bond donors (Lipinski definition) is 3. The Kier molecular flexibility index (Phi) is 5.79. The number of nitrogens with one attached hydrogen (secondary N) is 3. The van der Waals surface area contributed by atoms with Gasteiger partial charge in [0.05, 0.1) is 0 Å². The Hall–Kier alpha value is -1.10. The van der Waals surface area contributed by atoms with E-state index < -0.39 is 5.41 Å². The average molecular weight is 269 g/mol. The van der Waals surface area contributed by atoms with E-state index in [1.54, 1.807) is 0 Å². The smallest absolute Gasteiger partial charge is 0.225 e. The van der Waals surface area contributed by atoms with E-state index in [0.29, 0.717) is 19.0 Å². The predicted octanol–water partition coefficient (Wildman–Crippen LogP) is 0.795. The van der Waals surface area contributed by atoms with Crippen LogP contribution in [-0.4, -0.2) is 37.0 Å². The molecule has 0 spiro atoms. The van der Waals surface area contributed by atoms with Gasteiger partial charge in [-0.3, -0.25) is 9.59 Å². The highest BCUT2D eigenvalue weighted by Crippen LogP contribution is 2.12. The lowest BCUT2D eigenvalue weighted by molar-refractivity contribution is -0.128. The van der Waals surface area contributed by atoms with E-state index in [9.17, 15) is 9.59 Å². The van der Waals surface area contributed by atoms with E-state index in [4.69, 9.17) is 0 Å². The molecule has 0 aromatic heterocycles. The molecule has 5 heteroatoms. The monoisotopic (exact) mass is 269 g/mol. The molecule has 0 radical (unpaired) electrons. The molecule has 19 heavy (non-hydrogen) atoms. The highest BCUT2D eigenvalue weighted by molar-refractivity contribution is 5.82. The molecule has 3 N–H and O–H groups in total. The molecule has 2 amide bonds. The van der Waals surface area contributed by atoms with Gasteiger partial charge in [0.2, 0.25) is 11.8 Å². The fourth-order valence-electron chi connectivity index (χ4n) is 2.07. The number of amides is 2. The van der Waals surface area contributed by atoms with Crippen molar-refractivity contribution in [1.29, 1.82) is 0 Å². The summed E-state index contributed by atoms with van der Waals surface area (Å²) in [5.41, 5.74) is -0.404. The van der Waals surface area contributed by atoms with Crippen molar-refractivity contribution in [3.05, 3.63) is 0 Å². The first-order valence-electron chi connectivity index (χ1n) is 7.12. The summed E-state index contributed by atoms with van der Waals surface area (Å²) >= 11 is 0. The van der Waals surface area contributed by atoms with E-state index in [2.05, 4.69) is 22.9 Å². The van der Waals surface area contributed by atoms with Crippen molar-refractivity contribution in [3.8, 4) is 0 Å². The molecule has 0 saturated carbocycles. The number of rotatable bonds is 4. The van der Waals surface area contributed by atoms with Crippen molar-refractivity contribution in [2.24, 2.45) is 5.41 Å². The van der Waals surface area contributed by atoms with E-state index in [-0.39, 0.29) is 17.9 Å². The van der Waals surface area contributed by atoms with Gasteiger partial charge in [0, 0.05) is 30.5 Å². The molecule has 0 bridgehead atoms. The second-order valence-electron chi connectivity index (χ2n) is 6.31. The van der Waals surface area contributed by atoms with Gasteiger partial charge in [-0.05, 0) is 26.3 Å². The zero-order chi connectivity index (χ0) is 14.5. The van der Waals surface area contributed by atoms with Gasteiger partial charge in [0.25, 0.3) is 0 Å². The highest BCUT2D eigenvalue weighted by Gasteiger charge is 2.23. The zero-order valence-corrected chi connectivity index (χ0v) is 12.5. The maximum atomic E-state index is 11.8. The van der Waals surface area contributed by atoms with Crippen molar-refractivity contribution >= 4 is 11.8 Å². The Morgan fingerprint density at radius 1 is 1.32 bits per heavy atom. The van der Waals surface area contributed by atoms with Gasteiger partial charge in [-0.25, -0.2) is 0 Å². The van der Waals surface area contributed by atoms with Gasteiger partial charge in [-0.2, -0.15) is 0 Å². The third-order valence-corrected chi connectivity index (χ3v) is 3.43. The predicted molar refractivity (Wildman–Crippen MR) is 75.7 cm³/mol. The summed E-state index contributed by atoms with van der Waals surface area (Å²) in [5.74, 6) is -0.0113. The first kappa shape index (κ1) is 16.0. The van der Waals surface area contributed by atoms with Crippen LogP contribution in [0, 0.1) is 5.41 Å². The summed E-state index contributed by atoms with van der Waals surface area (Å²) in [7, 11) is 0. The van der Waals surface area contributed by atoms with Gasteiger partial charge < -0.3 is 16.0 Å². The van der Waals surface area contributed by atoms with Crippen LogP contribution in [0.4, 0.5) is 0 Å². The number of piperidine rings is 1. The van der Waals surface area contributed by atoms with Crippen LogP contribution < -0.4 is 16.0 Å². The third kappa shape index (κ3) is 5.59. The highest BCUT2D eigenvalue weighted by atomic mass is 16.2. The molecule has 0 aromatic rings. The van der Waals surface area contributed by atoms with Crippen molar-refractivity contribution < 1.29 is 9.59 Å². The molecule has 2 atom stereocenters. The Balaban J connectivity index is 2.23. The lowest BCUT2D eigenvalue weighted by atomic mass is 9.96. The summed E-state index contributed by atoms with van der Waals surface area (Å²) in [6.07, 6.45) is 2.45. The van der Waals surface area contributed by atoms with Crippen LogP contribution in [0.5, 0.6) is 0 Å². The zero-order valence-electron chi connectivity index (χ0n) is 12.5. The molecule has 1 heterocycles. The molecule has 110 valence electrons. The fraction of sp³-hybridized carbons (Fsp3) is 0.857. The van der Waals surface area contributed by atoms with Crippen LogP contribution in [0.2, 0.25) is 0 Å². The van der Waals surface area contributed by atoms with Gasteiger partial charge in [0.1, 0.15) is 0 Å². The van der Waals surface area contributed by atoms with E-state index >= 15 is 0 Å². The summed E-state index contributed by atoms with van der Waals surface area (Å²) < 4.78 is 0. The Morgan fingerprint density at radius 2 is 2.00 bits per heavy atom. The summed E-state index contributed by atoms with van der Waals surface area (Å²) in [5, 5.41) is 9.16. The van der Waals surface area contributed by atoms with Crippen molar-refractivity contribution in [2.45, 2.75) is 59.0 Å². The molecule has 0 aromatic carbocycles. The minimum Gasteiger partial charge on any atom is -0.355 e. The average Bonchev–Trinajstić information content (AvgIpc) is 2.31. The van der Waals surface area contributed by atoms with Crippen molar-refractivity contribution in [2.75, 3.05) is 13.1 Å². The first-order valence-corrected chi connectivity index (χ1v) is 7.12. The normalized spacial score (nSPS) is 23.8. The largest absolute Gasteiger partial charge is 0.355 e. The van der Waals surface area contributed by atoms with E-state index in [0.717, 1.165) is 19.4 Å². The molecule has 1 saturated heterocycles. The summed E-state index contributed by atoms with van der Waals surface area (Å²) in [6.45, 7) is 9.09. The van der Waals surface area contributed by atoms with Crippen LogP contribution in [0.1, 0.15) is 47.0 Å². The maximum Gasteiger partial charge on any atom is 0.225 e. The molecule has 0 aliphatic carbocycles. The lowest BCUT2D eigenvalue weighted by Gasteiger charge is -2.30. The SMILES string of the molecule is CC1NCCCC1NC(=O)CCNC(=O)C(C)(C)C. The van der Waals surface area contributed by atoms with Crippen molar-refractivity contribution in [1.82, 2.24) is 16.0 Å². The van der Waals surface area contributed by atoms with Gasteiger partial charge in [-0.15, -0.1) is 0 Å². The Labute approximate surface area is 115 Å². The summed E-state index contributed by atoms with van der Waals surface area (Å²) in [4.78, 5) is 23.4. The molecule has 5 nitrogen and oxygen atoms in total.